The molecule has 26 heavy (non-hydrogen) atoms. The minimum Gasteiger partial charge on any atom is -0.495 e. The third-order valence-corrected chi connectivity index (χ3v) is 3.91. The summed E-state index contributed by atoms with van der Waals surface area (Å²) < 4.78 is 7.92. The van der Waals surface area contributed by atoms with E-state index in [1.807, 2.05) is 13.0 Å². The van der Waals surface area contributed by atoms with Gasteiger partial charge >= 0.3 is 0 Å². The normalized spacial score (nSPS) is 11.8. The topological polar surface area (TPSA) is 91.0 Å². The summed E-state index contributed by atoms with van der Waals surface area (Å²) in [6, 6.07) is 9.32. The first-order valence-electron chi connectivity index (χ1n) is 8.05. The molecule has 0 aliphatic heterocycles. The molecule has 0 aliphatic rings. The van der Waals surface area contributed by atoms with Crippen molar-refractivity contribution in [1.82, 2.24) is 19.6 Å². The molecule has 1 unspecified atom stereocenters. The van der Waals surface area contributed by atoms with Crippen molar-refractivity contribution in [2.45, 2.75) is 19.9 Å². The van der Waals surface area contributed by atoms with Crippen LogP contribution in [0.2, 0.25) is 0 Å². The summed E-state index contributed by atoms with van der Waals surface area (Å²) in [5.41, 5.74) is 1.14. The van der Waals surface area contributed by atoms with Crippen LogP contribution in [0.4, 0.5) is 5.69 Å². The van der Waals surface area contributed by atoms with Crippen LogP contribution in [-0.4, -0.2) is 32.6 Å². The third kappa shape index (κ3) is 3.49. The number of aryl methyl sites for hydroxylation is 1. The Morgan fingerprint density at radius 3 is 2.77 bits per heavy atom. The van der Waals surface area contributed by atoms with E-state index in [9.17, 15) is 9.59 Å². The van der Waals surface area contributed by atoms with Crippen molar-refractivity contribution in [3.63, 3.8) is 0 Å². The summed E-state index contributed by atoms with van der Waals surface area (Å²) in [5, 5.41) is 11.1. The fourth-order valence-electron chi connectivity index (χ4n) is 2.49. The van der Waals surface area contributed by atoms with E-state index in [0.29, 0.717) is 17.3 Å². The first-order chi connectivity index (χ1) is 12.5. The Hall–Kier alpha value is -3.42. The number of nitrogens with one attached hydrogen (secondary N) is 1. The molecule has 0 aliphatic carbocycles. The number of hydrogen-bond donors (Lipinski definition) is 1. The predicted octanol–water partition coefficient (Wildman–Crippen LogP) is 1.95. The molecule has 2 aromatic heterocycles. The van der Waals surface area contributed by atoms with Crippen molar-refractivity contribution >= 4 is 11.6 Å². The van der Waals surface area contributed by atoms with Crippen LogP contribution in [0.15, 0.2) is 53.6 Å². The maximum absolute atomic E-state index is 12.7. The van der Waals surface area contributed by atoms with E-state index >= 15 is 0 Å². The van der Waals surface area contributed by atoms with Crippen LogP contribution in [-0.2, 0) is 4.79 Å². The lowest BCUT2D eigenvalue weighted by molar-refractivity contribution is -0.119. The maximum atomic E-state index is 12.7. The van der Waals surface area contributed by atoms with Crippen molar-refractivity contribution < 1.29 is 9.53 Å². The summed E-state index contributed by atoms with van der Waals surface area (Å²) in [5.74, 6) is 0.616. The molecule has 0 fully saturated rings. The van der Waals surface area contributed by atoms with Gasteiger partial charge in [0.2, 0.25) is 5.91 Å². The average molecular weight is 353 g/mol. The number of methoxy groups -OCH3 is 1. The third-order valence-electron chi connectivity index (χ3n) is 3.91. The van der Waals surface area contributed by atoms with Gasteiger partial charge in [0.25, 0.3) is 5.56 Å². The van der Waals surface area contributed by atoms with E-state index in [-0.39, 0.29) is 11.5 Å². The van der Waals surface area contributed by atoms with Crippen molar-refractivity contribution in [2.75, 3.05) is 12.4 Å². The van der Waals surface area contributed by atoms with Gasteiger partial charge in [-0.2, -0.15) is 5.10 Å². The first kappa shape index (κ1) is 17.4. The number of amides is 1. The van der Waals surface area contributed by atoms with Crippen molar-refractivity contribution in [1.29, 1.82) is 0 Å². The highest BCUT2D eigenvalue weighted by molar-refractivity contribution is 5.94. The molecule has 0 radical (unpaired) electrons. The molecule has 1 amide bonds. The molecule has 2 heterocycles. The Labute approximate surface area is 150 Å². The second kappa shape index (κ2) is 7.22. The van der Waals surface area contributed by atoms with Gasteiger partial charge in [-0.1, -0.05) is 6.07 Å². The first-order valence-corrected chi connectivity index (χ1v) is 8.05. The van der Waals surface area contributed by atoms with Crippen molar-refractivity contribution in [2.24, 2.45) is 0 Å². The quantitative estimate of drug-likeness (QED) is 0.757. The van der Waals surface area contributed by atoms with Crippen LogP contribution >= 0.6 is 0 Å². The zero-order chi connectivity index (χ0) is 18.7. The SMILES string of the molecule is COc1ccc(C)cc1NC(=O)C(C)n1nc(-n2cccn2)ccc1=O. The second-order valence-corrected chi connectivity index (χ2v) is 5.79. The number of nitrogens with zero attached hydrogens (tertiary/aromatic N) is 4. The molecule has 3 rings (SSSR count). The molecule has 1 N–H and O–H groups in total. The number of hydrogen-bond acceptors (Lipinski definition) is 5. The van der Waals surface area contributed by atoms with Gasteiger partial charge in [0, 0.05) is 18.5 Å². The van der Waals surface area contributed by atoms with E-state index in [1.54, 1.807) is 43.6 Å². The molecular formula is C18H19N5O3. The summed E-state index contributed by atoms with van der Waals surface area (Å²) >= 11 is 0. The molecule has 1 aromatic carbocycles. The Kier molecular flexibility index (Phi) is 4.83. The highest BCUT2D eigenvalue weighted by atomic mass is 16.5. The number of carbonyl (C=O) groups is 1. The number of benzene rings is 1. The smallest absolute Gasteiger partial charge is 0.267 e. The zero-order valence-electron chi connectivity index (χ0n) is 14.7. The van der Waals surface area contributed by atoms with Gasteiger partial charge in [0.1, 0.15) is 11.8 Å². The fraction of sp³-hybridized carbons (Fsp3) is 0.222. The van der Waals surface area contributed by atoms with Crippen LogP contribution in [0.3, 0.4) is 0 Å². The molecule has 8 nitrogen and oxygen atoms in total. The number of ether oxygens (including phenoxy) is 1. The summed E-state index contributed by atoms with van der Waals surface area (Å²) in [6.07, 6.45) is 3.32. The number of carbonyl (C=O) groups excluding carboxylic acids is 1. The summed E-state index contributed by atoms with van der Waals surface area (Å²) in [4.78, 5) is 24.8. The molecular weight excluding hydrogens is 334 g/mol. The Bertz CT molecular complexity index is 979. The lowest BCUT2D eigenvalue weighted by Crippen LogP contribution is -2.33. The Morgan fingerprint density at radius 2 is 2.08 bits per heavy atom. The highest BCUT2D eigenvalue weighted by Gasteiger charge is 2.19. The maximum Gasteiger partial charge on any atom is 0.267 e. The summed E-state index contributed by atoms with van der Waals surface area (Å²) in [6.45, 7) is 3.52. The summed E-state index contributed by atoms with van der Waals surface area (Å²) in [7, 11) is 1.53. The Morgan fingerprint density at radius 1 is 1.27 bits per heavy atom. The van der Waals surface area contributed by atoms with E-state index in [1.165, 1.54) is 17.9 Å². The second-order valence-electron chi connectivity index (χ2n) is 5.79. The van der Waals surface area contributed by atoms with Gasteiger partial charge in [-0.3, -0.25) is 9.59 Å². The fourth-order valence-corrected chi connectivity index (χ4v) is 2.49. The minimum absolute atomic E-state index is 0.374. The predicted molar refractivity (Wildman–Crippen MR) is 96.7 cm³/mol. The highest BCUT2D eigenvalue weighted by Crippen LogP contribution is 2.25. The van der Waals surface area contributed by atoms with E-state index in [4.69, 9.17) is 4.74 Å². The monoisotopic (exact) mass is 353 g/mol. The van der Waals surface area contributed by atoms with Crippen LogP contribution in [0.5, 0.6) is 5.75 Å². The largest absolute Gasteiger partial charge is 0.495 e. The lowest BCUT2D eigenvalue weighted by Gasteiger charge is -2.16. The molecule has 0 saturated carbocycles. The van der Waals surface area contributed by atoms with Crippen molar-refractivity contribution in [3.8, 4) is 11.6 Å². The molecule has 0 saturated heterocycles. The van der Waals surface area contributed by atoms with Crippen LogP contribution in [0, 0.1) is 6.92 Å². The van der Waals surface area contributed by atoms with Gasteiger partial charge < -0.3 is 10.1 Å². The van der Waals surface area contributed by atoms with Gasteiger partial charge in [-0.05, 0) is 43.7 Å². The lowest BCUT2D eigenvalue weighted by atomic mass is 10.2. The van der Waals surface area contributed by atoms with Crippen LogP contribution < -0.4 is 15.6 Å². The minimum atomic E-state index is -0.816. The Balaban J connectivity index is 1.88. The molecule has 134 valence electrons. The van der Waals surface area contributed by atoms with Gasteiger partial charge in [-0.15, -0.1) is 5.10 Å². The number of aromatic nitrogens is 4. The molecule has 0 bridgehead atoms. The zero-order valence-corrected chi connectivity index (χ0v) is 14.7. The van der Waals surface area contributed by atoms with E-state index in [0.717, 1.165) is 10.2 Å². The molecule has 8 heteroatoms. The van der Waals surface area contributed by atoms with E-state index < -0.39 is 6.04 Å². The number of anilines is 1. The molecule has 0 spiro atoms. The van der Waals surface area contributed by atoms with Crippen LogP contribution in [0.1, 0.15) is 18.5 Å². The van der Waals surface area contributed by atoms with Gasteiger partial charge in [0.05, 0.1) is 12.8 Å². The average Bonchev–Trinajstić information content (AvgIpc) is 3.16. The molecule has 3 aromatic rings. The van der Waals surface area contributed by atoms with Crippen LogP contribution in [0.25, 0.3) is 5.82 Å². The van der Waals surface area contributed by atoms with Gasteiger partial charge in [0.15, 0.2) is 5.82 Å². The van der Waals surface area contributed by atoms with Crippen molar-refractivity contribution in [3.05, 3.63) is 64.7 Å². The van der Waals surface area contributed by atoms with E-state index in [2.05, 4.69) is 15.5 Å². The molecule has 1 atom stereocenters. The standard InChI is InChI=1S/C18H19N5O3/c1-12-5-6-15(26-3)14(11-12)20-18(25)13(2)23-17(24)8-7-16(21-23)22-10-4-9-19-22/h4-11,13H,1-3H3,(H,20,25). The van der Waals surface area contributed by atoms with Gasteiger partial charge in [-0.25, -0.2) is 9.36 Å². The number of rotatable bonds is 5.